The summed E-state index contributed by atoms with van der Waals surface area (Å²) < 4.78 is 69.9. The van der Waals surface area contributed by atoms with Crippen LogP contribution in [0.3, 0.4) is 0 Å². The molecule has 0 heterocycles. The number of benzene rings is 4. The molecule has 4 rings (SSSR count). The number of halogens is 4. The minimum absolute atomic E-state index is 0.124. The lowest BCUT2D eigenvalue weighted by Gasteiger charge is -2.11. The fourth-order valence-electron chi connectivity index (χ4n) is 4.32. The van der Waals surface area contributed by atoms with Gasteiger partial charge in [-0.15, -0.1) is 6.58 Å². The second-order valence-electron chi connectivity index (χ2n) is 9.49. The van der Waals surface area contributed by atoms with Crippen molar-refractivity contribution >= 4 is 0 Å². The summed E-state index contributed by atoms with van der Waals surface area (Å²) in [6.07, 6.45) is 4.86. The molecule has 0 aliphatic rings. The van der Waals surface area contributed by atoms with Crippen molar-refractivity contribution in [3.05, 3.63) is 120 Å². The Morgan fingerprint density at radius 2 is 1.27 bits per heavy atom. The van der Waals surface area contributed by atoms with E-state index in [-0.39, 0.29) is 35.5 Å². The number of aryl methyl sites for hydroxylation is 2. The first-order valence-electron chi connectivity index (χ1n) is 13.4. The molecule has 0 spiro atoms. The third-order valence-corrected chi connectivity index (χ3v) is 6.67. The smallest absolute Gasteiger partial charge is 0.200 e. The zero-order valence-corrected chi connectivity index (χ0v) is 22.5. The molecule has 0 radical (unpaired) electrons. The van der Waals surface area contributed by atoms with Crippen molar-refractivity contribution in [2.75, 3.05) is 13.2 Å². The van der Waals surface area contributed by atoms with Gasteiger partial charge in [0.2, 0.25) is 5.82 Å². The minimum Gasteiger partial charge on any atom is -0.494 e. The largest absolute Gasteiger partial charge is 0.494 e. The van der Waals surface area contributed by atoms with Crippen LogP contribution in [0.2, 0.25) is 0 Å². The van der Waals surface area contributed by atoms with E-state index >= 15 is 8.78 Å². The molecule has 2 nitrogen and oxygen atoms in total. The molecule has 4 aromatic carbocycles. The van der Waals surface area contributed by atoms with Crippen LogP contribution in [0.4, 0.5) is 17.6 Å². The van der Waals surface area contributed by atoms with Gasteiger partial charge in [-0.2, -0.15) is 4.39 Å². The topological polar surface area (TPSA) is 18.5 Å². The van der Waals surface area contributed by atoms with E-state index in [1.54, 1.807) is 66.7 Å². The van der Waals surface area contributed by atoms with Gasteiger partial charge >= 0.3 is 0 Å². The lowest BCUT2D eigenvalue weighted by atomic mass is 9.97. The molecule has 4 aromatic rings. The molecule has 0 aliphatic heterocycles. The summed E-state index contributed by atoms with van der Waals surface area (Å²) in [7, 11) is 0. The van der Waals surface area contributed by atoms with Crippen LogP contribution in [-0.2, 0) is 12.8 Å². The molecule has 0 fully saturated rings. The summed E-state index contributed by atoms with van der Waals surface area (Å²) in [4.78, 5) is 0. The molecule has 0 aromatic heterocycles. The van der Waals surface area contributed by atoms with Crippen LogP contribution in [0.25, 0.3) is 22.3 Å². The fourth-order valence-corrected chi connectivity index (χ4v) is 4.32. The average Bonchev–Trinajstić information content (AvgIpc) is 2.97. The van der Waals surface area contributed by atoms with Crippen molar-refractivity contribution in [2.45, 2.75) is 39.0 Å². The maximum Gasteiger partial charge on any atom is 0.200 e. The van der Waals surface area contributed by atoms with Crippen LogP contribution >= 0.6 is 0 Å². The Balaban J connectivity index is 1.42. The minimum atomic E-state index is -1.01. The van der Waals surface area contributed by atoms with Gasteiger partial charge in [0.05, 0.1) is 13.2 Å². The highest BCUT2D eigenvalue weighted by molar-refractivity contribution is 5.72. The summed E-state index contributed by atoms with van der Waals surface area (Å²) in [5, 5.41) is 0. The maximum absolute atomic E-state index is 15.1. The van der Waals surface area contributed by atoms with E-state index < -0.39 is 23.3 Å². The predicted octanol–water partition coefficient (Wildman–Crippen LogP) is 9.50. The van der Waals surface area contributed by atoms with Crippen LogP contribution in [0.1, 0.15) is 37.3 Å². The molecular formula is C34H32F4O2. The van der Waals surface area contributed by atoms with Gasteiger partial charge in [-0.3, -0.25) is 0 Å². The molecule has 0 aliphatic carbocycles. The highest BCUT2D eigenvalue weighted by atomic mass is 19.2. The second kappa shape index (κ2) is 13.8. The molecule has 0 unspecified atom stereocenters. The number of hydrogen-bond acceptors (Lipinski definition) is 2. The Bertz CT molecular complexity index is 1430. The summed E-state index contributed by atoms with van der Waals surface area (Å²) in [5.41, 5.74) is 2.48. The van der Waals surface area contributed by atoms with Crippen LogP contribution in [0.5, 0.6) is 11.5 Å². The van der Waals surface area contributed by atoms with Crippen molar-refractivity contribution in [3.8, 4) is 33.8 Å². The van der Waals surface area contributed by atoms with E-state index in [0.717, 1.165) is 18.4 Å². The third kappa shape index (κ3) is 6.92. The SMILES string of the molecule is C=CCCOc1ccc(CCc2ccc(-c3ccc(-c4ccc(OCCCC)cc4)c(F)c3F)cc2)c(F)c1F. The van der Waals surface area contributed by atoms with E-state index in [1.807, 2.05) is 0 Å². The monoisotopic (exact) mass is 548 g/mol. The van der Waals surface area contributed by atoms with Crippen molar-refractivity contribution in [1.29, 1.82) is 0 Å². The Morgan fingerprint density at radius 3 is 1.88 bits per heavy atom. The summed E-state index contributed by atoms with van der Waals surface area (Å²) in [6, 6.07) is 20.0. The second-order valence-corrected chi connectivity index (χ2v) is 9.49. The van der Waals surface area contributed by atoms with Gasteiger partial charge in [-0.1, -0.05) is 74.0 Å². The third-order valence-electron chi connectivity index (χ3n) is 6.67. The van der Waals surface area contributed by atoms with Crippen molar-refractivity contribution in [2.24, 2.45) is 0 Å². The van der Waals surface area contributed by atoms with E-state index in [4.69, 9.17) is 9.47 Å². The zero-order valence-electron chi connectivity index (χ0n) is 22.5. The Kier molecular flexibility index (Phi) is 10.0. The Labute approximate surface area is 232 Å². The van der Waals surface area contributed by atoms with Gasteiger partial charge < -0.3 is 9.47 Å². The quantitative estimate of drug-likeness (QED) is 0.0941. The van der Waals surface area contributed by atoms with Crippen LogP contribution in [-0.4, -0.2) is 13.2 Å². The van der Waals surface area contributed by atoms with Gasteiger partial charge in [-0.25, -0.2) is 13.2 Å². The highest BCUT2D eigenvalue weighted by Gasteiger charge is 2.17. The summed E-state index contributed by atoms with van der Waals surface area (Å²) >= 11 is 0. The maximum atomic E-state index is 15.1. The zero-order chi connectivity index (χ0) is 28.5. The summed E-state index contributed by atoms with van der Waals surface area (Å²) in [6.45, 7) is 6.49. The van der Waals surface area contributed by atoms with E-state index in [2.05, 4.69) is 13.5 Å². The summed E-state index contributed by atoms with van der Waals surface area (Å²) in [5.74, 6) is -3.22. The lowest BCUT2D eigenvalue weighted by molar-refractivity contribution is 0.301. The number of rotatable bonds is 13. The van der Waals surface area contributed by atoms with E-state index in [0.29, 0.717) is 36.3 Å². The van der Waals surface area contributed by atoms with E-state index in [9.17, 15) is 8.78 Å². The fraction of sp³-hybridized carbons (Fsp3) is 0.235. The highest BCUT2D eigenvalue weighted by Crippen LogP contribution is 2.32. The number of unbranched alkanes of at least 4 members (excludes halogenated alkanes) is 1. The predicted molar refractivity (Wildman–Crippen MR) is 152 cm³/mol. The van der Waals surface area contributed by atoms with Gasteiger partial charge in [-0.05, 0) is 66.1 Å². The molecule has 0 saturated carbocycles. The average molecular weight is 549 g/mol. The first kappa shape index (κ1) is 28.9. The van der Waals surface area contributed by atoms with Gasteiger partial charge in [0, 0.05) is 11.1 Å². The molecule has 40 heavy (non-hydrogen) atoms. The molecular weight excluding hydrogens is 516 g/mol. The number of ether oxygens (including phenoxy) is 2. The lowest BCUT2D eigenvalue weighted by Crippen LogP contribution is -2.03. The van der Waals surface area contributed by atoms with Crippen molar-refractivity contribution in [3.63, 3.8) is 0 Å². The first-order valence-corrected chi connectivity index (χ1v) is 13.4. The van der Waals surface area contributed by atoms with Crippen molar-refractivity contribution in [1.82, 2.24) is 0 Å². The Morgan fingerprint density at radius 1 is 0.650 bits per heavy atom. The molecule has 0 amide bonds. The van der Waals surface area contributed by atoms with Gasteiger partial charge in [0.15, 0.2) is 23.2 Å². The van der Waals surface area contributed by atoms with Crippen LogP contribution < -0.4 is 9.47 Å². The molecule has 0 N–H and O–H groups in total. The molecule has 0 bridgehead atoms. The molecule has 6 heteroatoms. The van der Waals surface area contributed by atoms with Gasteiger partial charge in [0.25, 0.3) is 0 Å². The molecule has 0 atom stereocenters. The molecule has 208 valence electrons. The molecule has 0 saturated heterocycles. The Hall–Kier alpha value is -4.06. The van der Waals surface area contributed by atoms with Crippen LogP contribution in [0.15, 0.2) is 85.5 Å². The van der Waals surface area contributed by atoms with Crippen molar-refractivity contribution < 1.29 is 27.0 Å². The normalized spacial score (nSPS) is 10.9. The first-order chi connectivity index (χ1) is 19.4. The standard InChI is InChI=1S/C34H32F4O2/c1-3-5-21-39-27-16-13-25(14-17-27)29-19-18-28(32(36)33(29)37)24-10-7-23(8-11-24)9-12-26-15-20-30(34(38)31(26)35)40-22-6-4-2/h4,7-8,10-11,13-20H,2-3,5-6,9,12,21-22H2,1H3. The van der Waals surface area contributed by atoms with E-state index in [1.165, 1.54) is 12.1 Å². The van der Waals surface area contributed by atoms with Crippen LogP contribution in [0, 0.1) is 23.3 Å². The number of hydrogen-bond donors (Lipinski definition) is 0. The van der Waals surface area contributed by atoms with Gasteiger partial charge in [0.1, 0.15) is 5.75 Å².